The summed E-state index contributed by atoms with van der Waals surface area (Å²) >= 11 is 0. The number of halogens is 10. The minimum atomic E-state index is -5.08. The van der Waals surface area contributed by atoms with Crippen LogP contribution in [0.3, 0.4) is 0 Å². The summed E-state index contributed by atoms with van der Waals surface area (Å²) in [5.41, 5.74) is 0. The van der Waals surface area contributed by atoms with E-state index in [4.69, 9.17) is 23.7 Å². The first-order valence-electron chi connectivity index (χ1n) is 22.6. The van der Waals surface area contributed by atoms with Crippen LogP contribution in [-0.4, -0.2) is 119 Å². The van der Waals surface area contributed by atoms with E-state index in [9.17, 15) is 89.5 Å². The minimum Gasteiger partial charge on any atom is -0.465 e. The summed E-state index contributed by atoms with van der Waals surface area (Å²) in [6, 6.07) is 0. The molecule has 4 saturated heterocycles. The Labute approximate surface area is 396 Å². The number of alkyl halides is 5. The van der Waals surface area contributed by atoms with Gasteiger partial charge in [0, 0.05) is 42.9 Å². The van der Waals surface area contributed by atoms with E-state index in [0.29, 0.717) is 19.3 Å². The number of carbonyl (C=O) groups is 6. The average Bonchev–Trinajstić information content (AvgIpc) is 4.10. The molecule has 0 spiro atoms. The molecule has 4 aliphatic carbocycles. The second-order valence-corrected chi connectivity index (χ2v) is 24.0. The molecular formula is C43H44F10O16S2. The van der Waals surface area contributed by atoms with Gasteiger partial charge in [-0.05, 0) is 50.4 Å². The van der Waals surface area contributed by atoms with Gasteiger partial charge >= 0.3 is 42.0 Å². The van der Waals surface area contributed by atoms with Crippen LogP contribution in [0, 0.1) is 88.3 Å². The molecule has 4 saturated carbocycles. The first kappa shape index (κ1) is 52.6. The van der Waals surface area contributed by atoms with Crippen LogP contribution < -0.4 is 4.74 Å². The molecule has 71 heavy (non-hydrogen) atoms. The van der Waals surface area contributed by atoms with Gasteiger partial charge in [-0.25, -0.2) is 38.8 Å². The van der Waals surface area contributed by atoms with Gasteiger partial charge in [0.05, 0.1) is 53.3 Å². The van der Waals surface area contributed by atoms with Crippen LogP contribution in [0.2, 0.25) is 0 Å². The predicted molar refractivity (Wildman–Crippen MR) is 212 cm³/mol. The Kier molecular flexibility index (Phi) is 14.3. The van der Waals surface area contributed by atoms with Crippen molar-refractivity contribution < 1.29 is 118 Å². The fraction of sp³-hybridized carbons (Fsp3) is 0.721. The van der Waals surface area contributed by atoms with E-state index in [2.05, 4.69) is 4.74 Å². The molecule has 0 radical (unpaired) electrons. The van der Waals surface area contributed by atoms with Crippen molar-refractivity contribution in [2.24, 2.45) is 59.2 Å². The van der Waals surface area contributed by atoms with Gasteiger partial charge in [-0.15, -0.1) is 0 Å². The third-order valence-electron chi connectivity index (χ3n) is 15.0. The van der Waals surface area contributed by atoms with Crippen molar-refractivity contribution in [3.05, 3.63) is 29.1 Å². The molecule has 4 bridgehead atoms. The Morgan fingerprint density at radius 1 is 0.577 bits per heavy atom. The monoisotopic (exact) mass is 1070 g/mol. The largest absolute Gasteiger partial charge is 0.465 e. The molecule has 12 atom stereocenters. The maximum atomic E-state index is 14.0. The van der Waals surface area contributed by atoms with Crippen LogP contribution in [0.25, 0.3) is 0 Å². The molecule has 0 amide bonds. The molecule has 0 N–H and O–H groups in total. The highest BCUT2D eigenvalue weighted by Gasteiger charge is 2.71. The molecular weight excluding hydrogens is 1030 g/mol. The van der Waals surface area contributed by atoms with Crippen LogP contribution in [0.5, 0.6) is 5.75 Å². The maximum absolute atomic E-state index is 14.0. The zero-order valence-corrected chi connectivity index (χ0v) is 38.5. The van der Waals surface area contributed by atoms with Crippen molar-refractivity contribution in [1.82, 2.24) is 0 Å². The third kappa shape index (κ3) is 10.7. The summed E-state index contributed by atoms with van der Waals surface area (Å²) < 4.78 is 209. The number of hydrogen-bond acceptors (Lipinski definition) is 16. The molecule has 8 fully saturated rings. The maximum Gasteiger partial charge on any atom is 0.394 e. The Bertz CT molecular complexity index is 2540. The molecule has 0 aromatic heterocycles. The lowest BCUT2D eigenvalue weighted by molar-refractivity contribution is -0.193. The van der Waals surface area contributed by atoms with E-state index in [1.807, 2.05) is 0 Å². The van der Waals surface area contributed by atoms with Crippen LogP contribution >= 0.6 is 0 Å². The second kappa shape index (κ2) is 19.3. The highest BCUT2D eigenvalue weighted by molar-refractivity contribution is 7.91. The van der Waals surface area contributed by atoms with Gasteiger partial charge in [0.15, 0.2) is 0 Å². The lowest BCUT2D eigenvalue weighted by Gasteiger charge is -2.31. The second-order valence-electron chi connectivity index (χ2n) is 19.4. The van der Waals surface area contributed by atoms with Gasteiger partial charge in [0.1, 0.15) is 50.5 Å². The summed E-state index contributed by atoms with van der Waals surface area (Å²) in [5.74, 6) is -30.3. The number of rotatable bonds is 13. The molecule has 394 valence electrons. The fourth-order valence-electron chi connectivity index (χ4n) is 11.7. The Morgan fingerprint density at radius 3 is 1.38 bits per heavy atom. The van der Waals surface area contributed by atoms with Crippen molar-refractivity contribution in [2.75, 3.05) is 29.6 Å². The highest BCUT2D eigenvalue weighted by atomic mass is 32.2. The number of fused-ring (bicyclic) bond motifs is 2. The van der Waals surface area contributed by atoms with E-state index >= 15 is 0 Å². The quantitative estimate of drug-likeness (QED) is 0.0654. The van der Waals surface area contributed by atoms with Crippen molar-refractivity contribution in [2.45, 2.75) is 101 Å². The van der Waals surface area contributed by atoms with E-state index in [1.54, 1.807) is 0 Å². The van der Waals surface area contributed by atoms with Gasteiger partial charge in [-0.2, -0.15) is 22.0 Å². The average molecular weight is 1070 g/mol. The Hall–Kier alpha value is -4.76. The molecule has 9 rings (SSSR count). The molecule has 28 heteroatoms. The summed E-state index contributed by atoms with van der Waals surface area (Å²) in [5, 5.41) is 0. The summed E-state index contributed by atoms with van der Waals surface area (Å²) in [6.07, 6.45) is -10.8. The minimum absolute atomic E-state index is 0.0169. The van der Waals surface area contributed by atoms with Gasteiger partial charge in [0.25, 0.3) is 5.92 Å². The number of esters is 6. The van der Waals surface area contributed by atoms with Crippen LogP contribution in [0.4, 0.5) is 43.9 Å². The Balaban J connectivity index is 0.000000191. The van der Waals surface area contributed by atoms with E-state index in [0.717, 1.165) is 0 Å². The zero-order chi connectivity index (χ0) is 51.9. The Morgan fingerprint density at radius 2 is 0.972 bits per heavy atom. The summed E-state index contributed by atoms with van der Waals surface area (Å²) in [7, 11) is -6.23. The third-order valence-corrected chi connectivity index (χ3v) is 18.4. The molecule has 12 unspecified atom stereocenters. The van der Waals surface area contributed by atoms with Crippen molar-refractivity contribution in [3.63, 3.8) is 0 Å². The van der Waals surface area contributed by atoms with Crippen LogP contribution in [-0.2, 0) is 72.1 Å². The van der Waals surface area contributed by atoms with Gasteiger partial charge in [-0.3, -0.25) is 28.8 Å². The first-order chi connectivity index (χ1) is 33.0. The zero-order valence-electron chi connectivity index (χ0n) is 36.8. The fourth-order valence-corrected chi connectivity index (χ4v) is 14.9. The SMILES string of the molecule is O=C(CC1CCS(=O)(=O)CC1)OC1C2CC3C1OC(=O)C3C2C(=O)OCCC(F)(F)CC(F)(F)F.O=C(CC1CCS(=O)(=O)CC1)OC1C2CC3C1OC(=O)C3C2C(=O)Oc1c(F)c(F)c(F)c(F)c1F. The van der Waals surface area contributed by atoms with Crippen molar-refractivity contribution in [1.29, 1.82) is 0 Å². The van der Waals surface area contributed by atoms with E-state index in [-0.39, 0.29) is 67.0 Å². The number of hydrogen-bond donors (Lipinski definition) is 0. The van der Waals surface area contributed by atoms with Crippen molar-refractivity contribution in [3.8, 4) is 5.75 Å². The van der Waals surface area contributed by atoms with Gasteiger partial charge in [0.2, 0.25) is 34.8 Å². The first-order valence-corrected chi connectivity index (χ1v) is 26.2. The summed E-state index contributed by atoms with van der Waals surface area (Å²) in [6.45, 7) is -0.962. The molecule has 4 heterocycles. The lowest BCUT2D eigenvalue weighted by atomic mass is 9.78. The van der Waals surface area contributed by atoms with Crippen molar-refractivity contribution >= 4 is 55.5 Å². The topological polar surface area (TPSA) is 226 Å². The van der Waals surface area contributed by atoms with Gasteiger partial charge < -0.3 is 28.4 Å². The summed E-state index contributed by atoms with van der Waals surface area (Å²) in [4.78, 5) is 75.4. The molecule has 4 aliphatic heterocycles. The smallest absolute Gasteiger partial charge is 0.394 e. The molecule has 1 aromatic rings. The molecule has 1 aromatic carbocycles. The standard InChI is InChI=1S/C22H19F5O8S.C21H25F5O8S/c23-13-14(24)16(26)20(17(27)15(13)25)35-22(30)11-8-6-9-12(11)21(29)34-19(9)18(8)33-10(28)5-7-1-3-36(31,32)4-2-7;22-20(23,9-21(24,25)26)3-4-32-18(28)14-11-8-12-15(14)19(29)34-17(12)16(11)33-13(27)7-10-1-5-35(30,31)6-2-10/h7-9,11-12,18-19H,1-6H2;10-12,14-17H,1-9H2. The molecule has 8 aliphatic rings. The number of sulfone groups is 2. The normalized spacial score (nSPS) is 33.2. The van der Waals surface area contributed by atoms with Crippen LogP contribution in [0.15, 0.2) is 0 Å². The lowest BCUT2D eigenvalue weighted by Crippen LogP contribution is -2.44. The molecule has 16 nitrogen and oxygen atoms in total. The van der Waals surface area contributed by atoms with Crippen LogP contribution in [0.1, 0.15) is 64.2 Å². The van der Waals surface area contributed by atoms with E-state index in [1.165, 1.54) is 0 Å². The number of benzene rings is 1. The number of ether oxygens (including phenoxy) is 6. The highest BCUT2D eigenvalue weighted by Crippen LogP contribution is 2.60. The number of carbonyl (C=O) groups excluding carboxylic acids is 6. The van der Waals surface area contributed by atoms with Gasteiger partial charge in [-0.1, -0.05) is 0 Å². The van der Waals surface area contributed by atoms with E-state index < -0.39 is 194 Å². The predicted octanol–water partition coefficient (Wildman–Crippen LogP) is 4.66.